The van der Waals surface area contributed by atoms with Crippen molar-refractivity contribution in [3.63, 3.8) is 0 Å². The summed E-state index contributed by atoms with van der Waals surface area (Å²) in [6, 6.07) is 9.06. The molecule has 4 rings (SSSR count). The first-order chi connectivity index (χ1) is 12.5. The number of nitrogens with zero attached hydrogens (tertiary/aromatic N) is 3. The van der Waals surface area contributed by atoms with E-state index in [2.05, 4.69) is 22.1 Å². The highest BCUT2D eigenvalue weighted by atomic mass is 32.2. The monoisotopic (exact) mass is 374 g/mol. The van der Waals surface area contributed by atoms with E-state index >= 15 is 0 Å². The number of piperazine rings is 1. The molecule has 136 valence electrons. The molecule has 1 fully saturated rings. The Morgan fingerprint density at radius 2 is 2.04 bits per heavy atom. The molecule has 1 atom stereocenters. The third kappa shape index (κ3) is 2.75. The number of nitrogens with one attached hydrogen (secondary N) is 1. The van der Waals surface area contributed by atoms with Crippen LogP contribution in [-0.2, 0) is 10.0 Å². The predicted molar refractivity (Wildman–Crippen MR) is 98.4 cm³/mol. The molecule has 1 aromatic carbocycles. The lowest BCUT2D eigenvalue weighted by Gasteiger charge is -2.32. The summed E-state index contributed by atoms with van der Waals surface area (Å²) in [5.74, 6) is -0.768. The number of anilines is 1. The second-order valence-electron chi connectivity index (χ2n) is 6.42. The van der Waals surface area contributed by atoms with E-state index in [0.29, 0.717) is 11.0 Å². The summed E-state index contributed by atoms with van der Waals surface area (Å²) in [4.78, 5) is 6.16. The molecule has 1 saturated heterocycles. The van der Waals surface area contributed by atoms with Crippen molar-refractivity contribution in [3.05, 3.63) is 54.6 Å². The predicted octanol–water partition coefficient (Wildman–Crippen LogP) is 2.21. The van der Waals surface area contributed by atoms with Crippen LogP contribution in [0.15, 0.2) is 53.7 Å². The number of aromatic nitrogens is 2. The van der Waals surface area contributed by atoms with E-state index in [1.165, 1.54) is 18.2 Å². The largest absolute Gasteiger partial charge is 0.366 e. The zero-order valence-corrected chi connectivity index (χ0v) is 15.1. The molecule has 26 heavy (non-hydrogen) atoms. The van der Waals surface area contributed by atoms with Gasteiger partial charge in [0.2, 0.25) is 0 Å². The van der Waals surface area contributed by atoms with Gasteiger partial charge in [-0.15, -0.1) is 0 Å². The van der Waals surface area contributed by atoms with Crippen LogP contribution in [0.5, 0.6) is 0 Å². The first-order valence-electron chi connectivity index (χ1n) is 8.43. The van der Waals surface area contributed by atoms with Crippen molar-refractivity contribution in [2.45, 2.75) is 17.9 Å². The number of halogens is 1. The highest BCUT2D eigenvalue weighted by molar-refractivity contribution is 7.90. The standard InChI is InChI=1S/C18H19FN4O2S/c1-13-11-22(10-9-20-13)16-12-23(15-6-4-8-21-18(15)16)26(24,25)17-7-3-2-5-14(17)19/h2-8,12-13,20H,9-11H2,1H3/t13-/m1/s1. The van der Waals surface area contributed by atoms with Crippen LogP contribution >= 0.6 is 0 Å². The van der Waals surface area contributed by atoms with Crippen LogP contribution in [0.25, 0.3) is 11.0 Å². The molecular weight excluding hydrogens is 355 g/mol. The summed E-state index contributed by atoms with van der Waals surface area (Å²) in [6.45, 7) is 4.38. The number of hydrogen-bond acceptors (Lipinski definition) is 5. The van der Waals surface area contributed by atoms with E-state index in [1.54, 1.807) is 24.5 Å². The molecule has 1 aliphatic rings. The van der Waals surface area contributed by atoms with Crippen LogP contribution in [0, 0.1) is 5.82 Å². The summed E-state index contributed by atoms with van der Waals surface area (Å²) >= 11 is 0. The zero-order chi connectivity index (χ0) is 18.3. The summed E-state index contributed by atoms with van der Waals surface area (Å²) in [6.07, 6.45) is 3.19. The maximum absolute atomic E-state index is 14.2. The Balaban J connectivity index is 1.90. The average Bonchev–Trinajstić information content (AvgIpc) is 3.02. The maximum Gasteiger partial charge on any atom is 0.271 e. The molecule has 3 aromatic rings. The van der Waals surface area contributed by atoms with Crippen LogP contribution in [0.2, 0.25) is 0 Å². The van der Waals surface area contributed by atoms with Crippen LogP contribution in [0.3, 0.4) is 0 Å². The fourth-order valence-electron chi connectivity index (χ4n) is 3.36. The van der Waals surface area contributed by atoms with E-state index in [9.17, 15) is 12.8 Å². The van der Waals surface area contributed by atoms with Gasteiger partial charge in [0.15, 0.2) is 0 Å². The van der Waals surface area contributed by atoms with Gasteiger partial charge in [-0.25, -0.2) is 16.8 Å². The number of pyridine rings is 1. The summed E-state index contributed by atoms with van der Waals surface area (Å²) in [5.41, 5.74) is 1.78. The number of benzene rings is 1. The molecule has 0 aliphatic carbocycles. The topological polar surface area (TPSA) is 67.2 Å². The first-order valence-corrected chi connectivity index (χ1v) is 9.87. The molecule has 0 unspecified atom stereocenters. The minimum Gasteiger partial charge on any atom is -0.366 e. The van der Waals surface area contributed by atoms with Crippen LogP contribution in [-0.4, -0.2) is 43.1 Å². The molecule has 0 bridgehead atoms. The van der Waals surface area contributed by atoms with Gasteiger partial charge in [-0.05, 0) is 31.2 Å². The summed E-state index contributed by atoms with van der Waals surface area (Å²) in [5, 5.41) is 3.36. The summed E-state index contributed by atoms with van der Waals surface area (Å²) in [7, 11) is -4.07. The van der Waals surface area contributed by atoms with Crippen molar-refractivity contribution in [2.75, 3.05) is 24.5 Å². The van der Waals surface area contributed by atoms with Gasteiger partial charge in [0.25, 0.3) is 10.0 Å². The quantitative estimate of drug-likeness (QED) is 0.761. The maximum atomic E-state index is 14.2. The van der Waals surface area contributed by atoms with E-state index in [0.717, 1.165) is 35.4 Å². The second-order valence-corrected chi connectivity index (χ2v) is 8.20. The van der Waals surface area contributed by atoms with Gasteiger partial charge in [0.1, 0.15) is 16.2 Å². The van der Waals surface area contributed by atoms with Gasteiger partial charge in [0, 0.05) is 38.1 Å². The van der Waals surface area contributed by atoms with E-state index < -0.39 is 15.8 Å². The SMILES string of the molecule is C[C@@H]1CN(c2cn(S(=O)(=O)c3ccccc3F)c3cccnc23)CCN1. The molecule has 1 N–H and O–H groups in total. The normalized spacial score (nSPS) is 18.4. The van der Waals surface area contributed by atoms with Gasteiger partial charge in [-0.1, -0.05) is 12.1 Å². The Bertz CT molecular complexity index is 1060. The lowest BCUT2D eigenvalue weighted by Crippen LogP contribution is -2.49. The number of fused-ring (bicyclic) bond motifs is 1. The Hall–Kier alpha value is -2.45. The minimum absolute atomic E-state index is 0.286. The van der Waals surface area contributed by atoms with Crippen molar-refractivity contribution >= 4 is 26.7 Å². The first kappa shape index (κ1) is 17.0. The second kappa shape index (κ2) is 6.37. The van der Waals surface area contributed by atoms with Crippen molar-refractivity contribution < 1.29 is 12.8 Å². The van der Waals surface area contributed by atoms with Crippen molar-refractivity contribution in [1.82, 2.24) is 14.3 Å². The van der Waals surface area contributed by atoms with Crippen molar-refractivity contribution in [1.29, 1.82) is 0 Å². The third-order valence-corrected chi connectivity index (χ3v) is 6.30. The molecular formula is C18H19FN4O2S. The fourth-order valence-corrected chi connectivity index (χ4v) is 4.78. The molecule has 1 aliphatic heterocycles. The number of rotatable bonds is 3. The van der Waals surface area contributed by atoms with E-state index in [4.69, 9.17) is 0 Å². The van der Waals surface area contributed by atoms with Crippen LogP contribution in [0.1, 0.15) is 6.92 Å². The van der Waals surface area contributed by atoms with Crippen molar-refractivity contribution in [2.24, 2.45) is 0 Å². The van der Waals surface area contributed by atoms with E-state index in [-0.39, 0.29) is 10.9 Å². The van der Waals surface area contributed by atoms with Crippen molar-refractivity contribution in [3.8, 4) is 0 Å². The van der Waals surface area contributed by atoms with Crippen LogP contribution < -0.4 is 10.2 Å². The van der Waals surface area contributed by atoms with Crippen LogP contribution in [0.4, 0.5) is 10.1 Å². The minimum atomic E-state index is -4.07. The molecule has 0 saturated carbocycles. The molecule has 3 heterocycles. The van der Waals surface area contributed by atoms with E-state index in [1.807, 2.05) is 0 Å². The van der Waals surface area contributed by atoms with Gasteiger partial charge in [0.05, 0.1) is 11.2 Å². The Morgan fingerprint density at radius 3 is 2.81 bits per heavy atom. The van der Waals surface area contributed by atoms with Gasteiger partial charge < -0.3 is 10.2 Å². The zero-order valence-electron chi connectivity index (χ0n) is 14.3. The average molecular weight is 374 g/mol. The lowest BCUT2D eigenvalue weighted by molar-refractivity contribution is 0.485. The Kier molecular flexibility index (Phi) is 4.16. The summed E-state index contributed by atoms with van der Waals surface area (Å²) < 4.78 is 41.5. The van der Waals surface area contributed by atoms with Gasteiger partial charge in [-0.3, -0.25) is 4.98 Å². The molecule has 0 spiro atoms. The molecule has 6 nitrogen and oxygen atoms in total. The third-order valence-electron chi connectivity index (χ3n) is 4.59. The van der Waals surface area contributed by atoms with Gasteiger partial charge in [-0.2, -0.15) is 0 Å². The fraction of sp³-hybridized carbons (Fsp3) is 0.278. The lowest BCUT2D eigenvalue weighted by atomic mass is 10.2. The Morgan fingerprint density at radius 1 is 1.23 bits per heavy atom. The Labute approximate surface area is 151 Å². The molecule has 2 aromatic heterocycles. The highest BCUT2D eigenvalue weighted by Gasteiger charge is 2.27. The number of hydrogen-bond donors (Lipinski definition) is 1. The smallest absolute Gasteiger partial charge is 0.271 e. The molecule has 8 heteroatoms. The molecule has 0 radical (unpaired) electrons. The molecule has 0 amide bonds. The van der Waals surface area contributed by atoms with Gasteiger partial charge >= 0.3 is 0 Å². The highest BCUT2D eigenvalue weighted by Crippen LogP contribution is 2.31.